The van der Waals surface area contributed by atoms with Crippen LogP contribution < -0.4 is 5.32 Å². The summed E-state index contributed by atoms with van der Waals surface area (Å²) in [5.41, 5.74) is 5.69. The molecule has 150 valence electrons. The van der Waals surface area contributed by atoms with Gasteiger partial charge in [-0.25, -0.2) is 0 Å². The number of phenols is 1. The number of aryl methyl sites for hydroxylation is 1. The quantitative estimate of drug-likeness (QED) is 0.545. The third-order valence-electron chi connectivity index (χ3n) is 5.99. The van der Waals surface area contributed by atoms with E-state index in [1.807, 2.05) is 32.9 Å². The van der Waals surface area contributed by atoms with Crippen LogP contribution in [-0.2, 0) is 11.2 Å². The average Bonchev–Trinajstić information content (AvgIpc) is 2.70. The number of unbranched alkanes of at least 4 members (excludes halogenated alkanes) is 2. The van der Waals surface area contributed by atoms with Gasteiger partial charge in [0, 0.05) is 12.2 Å². The summed E-state index contributed by atoms with van der Waals surface area (Å²) in [6.45, 7) is 9.74. The number of carbonyl (C=O) groups excluding carboxylic acids is 1. The van der Waals surface area contributed by atoms with Crippen LogP contribution in [0.5, 0.6) is 5.75 Å². The normalized spacial score (nSPS) is 16.6. The SMILES string of the molecule is CCCCCN1CCc2ccccc2C1C(=O)Nc1cc(C)c(O)c(C)c1C. The zero-order chi connectivity index (χ0) is 20.3. The summed E-state index contributed by atoms with van der Waals surface area (Å²) in [4.78, 5) is 15.7. The first-order valence-electron chi connectivity index (χ1n) is 10.4. The van der Waals surface area contributed by atoms with Crippen LogP contribution in [0.2, 0.25) is 0 Å². The van der Waals surface area contributed by atoms with E-state index in [0.29, 0.717) is 5.75 Å². The highest BCUT2D eigenvalue weighted by Crippen LogP contribution is 2.34. The van der Waals surface area contributed by atoms with Gasteiger partial charge in [-0.3, -0.25) is 9.69 Å². The standard InChI is InChI=1S/C24H32N2O2/c1-5-6-9-13-26-14-12-19-10-7-8-11-20(19)22(26)24(28)25-21-15-16(2)23(27)18(4)17(21)3/h7-8,10-11,15,22,27H,5-6,9,12-14H2,1-4H3,(H,25,28). The van der Waals surface area contributed by atoms with Crippen LogP contribution in [0.1, 0.15) is 60.0 Å². The topological polar surface area (TPSA) is 52.6 Å². The maximum atomic E-state index is 13.4. The molecule has 0 aliphatic carbocycles. The van der Waals surface area contributed by atoms with Crippen LogP contribution in [0.3, 0.4) is 0 Å². The molecule has 4 heteroatoms. The van der Waals surface area contributed by atoms with Crippen LogP contribution in [0.15, 0.2) is 30.3 Å². The van der Waals surface area contributed by atoms with Crippen molar-refractivity contribution in [2.24, 2.45) is 0 Å². The largest absolute Gasteiger partial charge is 0.507 e. The average molecular weight is 381 g/mol. The lowest BCUT2D eigenvalue weighted by atomic mass is 9.91. The minimum Gasteiger partial charge on any atom is -0.507 e. The number of fused-ring (bicyclic) bond motifs is 1. The first-order valence-corrected chi connectivity index (χ1v) is 10.4. The molecule has 3 rings (SSSR count). The predicted octanol–water partition coefficient (Wildman–Crippen LogP) is 5.05. The fraction of sp³-hybridized carbons (Fsp3) is 0.458. The molecule has 2 aromatic rings. The summed E-state index contributed by atoms with van der Waals surface area (Å²) < 4.78 is 0. The Morgan fingerprint density at radius 2 is 1.93 bits per heavy atom. The van der Waals surface area contributed by atoms with E-state index in [-0.39, 0.29) is 11.9 Å². The molecule has 0 saturated carbocycles. The van der Waals surface area contributed by atoms with E-state index in [1.54, 1.807) is 0 Å². The highest BCUT2D eigenvalue weighted by Gasteiger charge is 2.32. The van der Waals surface area contributed by atoms with E-state index < -0.39 is 0 Å². The van der Waals surface area contributed by atoms with E-state index in [1.165, 1.54) is 18.4 Å². The first kappa shape index (κ1) is 20.4. The Labute approximate surface area is 168 Å². The van der Waals surface area contributed by atoms with Gasteiger partial charge < -0.3 is 10.4 Å². The predicted molar refractivity (Wildman–Crippen MR) is 115 cm³/mol. The van der Waals surface area contributed by atoms with Gasteiger partial charge in [-0.2, -0.15) is 0 Å². The Bertz CT molecular complexity index is 860. The van der Waals surface area contributed by atoms with Gasteiger partial charge in [-0.1, -0.05) is 44.0 Å². The smallest absolute Gasteiger partial charge is 0.246 e. The molecular weight excluding hydrogens is 348 g/mol. The number of amides is 1. The lowest BCUT2D eigenvalue weighted by Gasteiger charge is -2.36. The Morgan fingerprint density at radius 1 is 1.18 bits per heavy atom. The van der Waals surface area contributed by atoms with Crippen molar-refractivity contribution in [2.75, 3.05) is 18.4 Å². The van der Waals surface area contributed by atoms with Crippen LogP contribution in [0.25, 0.3) is 0 Å². The number of nitrogens with one attached hydrogen (secondary N) is 1. The Kier molecular flexibility index (Phi) is 6.40. The zero-order valence-corrected chi connectivity index (χ0v) is 17.5. The van der Waals surface area contributed by atoms with E-state index in [9.17, 15) is 9.90 Å². The molecule has 0 bridgehead atoms. The molecule has 4 nitrogen and oxygen atoms in total. The summed E-state index contributed by atoms with van der Waals surface area (Å²) in [5, 5.41) is 13.3. The van der Waals surface area contributed by atoms with Crippen molar-refractivity contribution in [2.45, 2.75) is 59.4 Å². The molecule has 0 fully saturated rings. The molecular formula is C24H32N2O2. The van der Waals surface area contributed by atoms with Crippen molar-refractivity contribution in [3.8, 4) is 5.75 Å². The molecule has 1 unspecified atom stereocenters. The number of rotatable bonds is 6. The second kappa shape index (κ2) is 8.78. The summed E-state index contributed by atoms with van der Waals surface area (Å²) in [7, 11) is 0. The highest BCUT2D eigenvalue weighted by atomic mass is 16.3. The third kappa shape index (κ3) is 4.07. The number of anilines is 1. The highest BCUT2D eigenvalue weighted by molar-refractivity contribution is 5.97. The lowest BCUT2D eigenvalue weighted by molar-refractivity contribution is -0.122. The Balaban J connectivity index is 1.90. The number of hydrogen-bond acceptors (Lipinski definition) is 3. The van der Waals surface area contributed by atoms with Gasteiger partial charge in [0.25, 0.3) is 0 Å². The minimum atomic E-state index is -0.268. The second-order valence-corrected chi connectivity index (χ2v) is 7.92. The summed E-state index contributed by atoms with van der Waals surface area (Å²) in [5.74, 6) is 0.316. The molecule has 1 heterocycles. The van der Waals surface area contributed by atoms with Crippen molar-refractivity contribution >= 4 is 11.6 Å². The van der Waals surface area contributed by atoms with Gasteiger partial charge in [-0.15, -0.1) is 0 Å². The van der Waals surface area contributed by atoms with Crippen LogP contribution in [-0.4, -0.2) is 29.0 Å². The van der Waals surface area contributed by atoms with Gasteiger partial charge in [-0.05, 0) is 74.0 Å². The molecule has 1 atom stereocenters. The number of benzene rings is 2. The molecule has 0 radical (unpaired) electrons. The number of nitrogens with zero attached hydrogens (tertiary/aromatic N) is 1. The van der Waals surface area contributed by atoms with Gasteiger partial charge in [0.15, 0.2) is 0 Å². The van der Waals surface area contributed by atoms with E-state index in [4.69, 9.17) is 0 Å². The summed E-state index contributed by atoms with van der Waals surface area (Å²) in [6.07, 6.45) is 4.45. The monoisotopic (exact) mass is 380 g/mol. The van der Waals surface area contributed by atoms with Crippen molar-refractivity contribution in [3.05, 3.63) is 58.1 Å². The van der Waals surface area contributed by atoms with Gasteiger partial charge >= 0.3 is 0 Å². The van der Waals surface area contributed by atoms with E-state index in [0.717, 1.165) is 53.9 Å². The molecule has 2 aromatic carbocycles. The maximum absolute atomic E-state index is 13.4. The molecule has 2 N–H and O–H groups in total. The fourth-order valence-corrected chi connectivity index (χ4v) is 4.13. The molecule has 1 aliphatic rings. The minimum absolute atomic E-state index is 0.0104. The van der Waals surface area contributed by atoms with Crippen LogP contribution in [0, 0.1) is 20.8 Å². The van der Waals surface area contributed by atoms with Crippen LogP contribution in [0.4, 0.5) is 5.69 Å². The lowest BCUT2D eigenvalue weighted by Crippen LogP contribution is -2.42. The summed E-state index contributed by atoms with van der Waals surface area (Å²) in [6, 6.07) is 9.90. The number of phenolic OH excluding ortho intramolecular Hbond substituents is 1. The molecule has 0 spiro atoms. The summed E-state index contributed by atoms with van der Waals surface area (Å²) >= 11 is 0. The van der Waals surface area contributed by atoms with Crippen molar-refractivity contribution in [3.63, 3.8) is 0 Å². The van der Waals surface area contributed by atoms with Gasteiger partial charge in [0.05, 0.1) is 0 Å². The third-order valence-corrected chi connectivity index (χ3v) is 5.99. The zero-order valence-electron chi connectivity index (χ0n) is 17.5. The van der Waals surface area contributed by atoms with Gasteiger partial charge in [0.1, 0.15) is 11.8 Å². The number of hydrogen-bond donors (Lipinski definition) is 2. The molecule has 28 heavy (non-hydrogen) atoms. The fourth-order valence-electron chi connectivity index (χ4n) is 4.13. The number of aromatic hydroxyl groups is 1. The molecule has 0 saturated heterocycles. The molecule has 1 amide bonds. The van der Waals surface area contributed by atoms with E-state index in [2.05, 4.69) is 35.3 Å². The Morgan fingerprint density at radius 3 is 2.68 bits per heavy atom. The molecule has 0 aromatic heterocycles. The van der Waals surface area contributed by atoms with Crippen molar-refractivity contribution in [1.82, 2.24) is 4.90 Å². The first-order chi connectivity index (χ1) is 13.4. The van der Waals surface area contributed by atoms with E-state index >= 15 is 0 Å². The number of carbonyl (C=O) groups is 1. The molecule has 1 aliphatic heterocycles. The van der Waals surface area contributed by atoms with Crippen molar-refractivity contribution in [1.29, 1.82) is 0 Å². The van der Waals surface area contributed by atoms with Gasteiger partial charge in [0.2, 0.25) is 5.91 Å². The van der Waals surface area contributed by atoms with Crippen molar-refractivity contribution < 1.29 is 9.90 Å². The maximum Gasteiger partial charge on any atom is 0.246 e. The van der Waals surface area contributed by atoms with Crippen LogP contribution >= 0.6 is 0 Å². The second-order valence-electron chi connectivity index (χ2n) is 7.92. The Hall–Kier alpha value is -2.33.